The first-order valence-electron chi connectivity index (χ1n) is 6.09. The standard InChI is InChI=1S/C14H17N3O2/c1-9-4-5-12(6-10(9)2)15-8-14(18)16-13-7-11(3)19-17-13/h4-7,15H,8H2,1-3H3,(H,16,17,18). The Morgan fingerprint density at radius 1 is 1.21 bits per heavy atom. The van der Waals surface area contributed by atoms with E-state index in [2.05, 4.69) is 22.7 Å². The van der Waals surface area contributed by atoms with E-state index in [0.29, 0.717) is 11.6 Å². The molecule has 19 heavy (non-hydrogen) atoms. The van der Waals surface area contributed by atoms with Gasteiger partial charge in [0, 0.05) is 11.8 Å². The van der Waals surface area contributed by atoms with Gasteiger partial charge in [0.25, 0.3) is 0 Å². The molecule has 100 valence electrons. The molecule has 0 aliphatic heterocycles. The average molecular weight is 259 g/mol. The molecule has 0 atom stereocenters. The van der Waals surface area contributed by atoms with Gasteiger partial charge in [-0.1, -0.05) is 11.2 Å². The first kappa shape index (κ1) is 13.1. The van der Waals surface area contributed by atoms with Gasteiger partial charge in [0.2, 0.25) is 5.91 Å². The van der Waals surface area contributed by atoms with Crippen LogP contribution in [-0.4, -0.2) is 17.6 Å². The summed E-state index contributed by atoms with van der Waals surface area (Å²) in [6.07, 6.45) is 0. The highest BCUT2D eigenvalue weighted by Gasteiger charge is 2.06. The second kappa shape index (κ2) is 5.56. The zero-order chi connectivity index (χ0) is 13.8. The minimum atomic E-state index is -0.161. The fourth-order valence-electron chi connectivity index (χ4n) is 1.65. The maximum Gasteiger partial charge on any atom is 0.244 e. The maximum absolute atomic E-state index is 11.7. The predicted molar refractivity (Wildman–Crippen MR) is 74.3 cm³/mol. The van der Waals surface area contributed by atoms with Gasteiger partial charge in [0.15, 0.2) is 5.82 Å². The number of nitrogens with zero attached hydrogens (tertiary/aromatic N) is 1. The summed E-state index contributed by atoms with van der Waals surface area (Å²) in [6, 6.07) is 7.67. The largest absolute Gasteiger partial charge is 0.376 e. The Morgan fingerprint density at radius 3 is 2.63 bits per heavy atom. The highest BCUT2D eigenvalue weighted by molar-refractivity contribution is 5.92. The summed E-state index contributed by atoms with van der Waals surface area (Å²) in [7, 11) is 0. The van der Waals surface area contributed by atoms with Crippen LogP contribution in [0.5, 0.6) is 0 Å². The fraction of sp³-hybridized carbons (Fsp3) is 0.286. The molecule has 0 fully saturated rings. The molecule has 0 saturated heterocycles. The lowest BCUT2D eigenvalue weighted by molar-refractivity contribution is -0.114. The molecule has 2 aromatic rings. The van der Waals surface area contributed by atoms with E-state index < -0.39 is 0 Å². The molecule has 0 spiro atoms. The van der Waals surface area contributed by atoms with E-state index in [4.69, 9.17) is 4.52 Å². The number of aryl methyl sites for hydroxylation is 3. The molecule has 1 aromatic heterocycles. The summed E-state index contributed by atoms with van der Waals surface area (Å²) < 4.78 is 4.87. The van der Waals surface area contributed by atoms with Crippen molar-refractivity contribution in [3.63, 3.8) is 0 Å². The minimum Gasteiger partial charge on any atom is -0.376 e. The lowest BCUT2D eigenvalue weighted by Gasteiger charge is -2.08. The van der Waals surface area contributed by atoms with Gasteiger partial charge in [-0.2, -0.15) is 0 Å². The Hall–Kier alpha value is -2.30. The number of nitrogens with one attached hydrogen (secondary N) is 2. The highest BCUT2D eigenvalue weighted by Crippen LogP contribution is 2.14. The normalized spacial score (nSPS) is 10.3. The highest BCUT2D eigenvalue weighted by atomic mass is 16.5. The van der Waals surface area contributed by atoms with Crippen molar-refractivity contribution in [2.45, 2.75) is 20.8 Å². The van der Waals surface area contributed by atoms with Gasteiger partial charge >= 0.3 is 0 Å². The number of rotatable bonds is 4. The Labute approximate surface area is 112 Å². The monoisotopic (exact) mass is 259 g/mol. The molecule has 0 unspecified atom stereocenters. The minimum absolute atomic E-state index is 0.161. The van der Waals surface area contributed by atoms with Gasteiger partial charge in [-0.15, -0.1) is 0 Å². The van der Waals surface area contributed by atoms with Crippen LogP contribution in [0, 0.1) is 20.8 Å². The van der Waals surface area contributed by atoms with Crippen LogP contribution in [0.15, 0.2) is 28.8 Å². The maximum atomic E-state index is 11.7. The number of anilines is 2. The molecular formula is C14H17N3O2. The van der Waals surface area contributed by atoms with Crippen molar-refractivity contribution in [3.05, 3.63) is 41.2 Å². The SMILES string of the molecule is Cc1cc(NC(=O)CNc2ccc(C)c(C)c2)no1. The Bertz CT molecular complexity index is 590. The molecule has 5 heteroatoms. The zero-order valence-electron chi connectivity index (χ0n) is 11.3. The van der Waals surface area contributed by atoms with Crippen LogP contribution in [0.2, 0.25) is 0 Å². The van der Waals surface area contributed by atoms with Crippen LogP contribution in [0.1, 0.15) is 16.9 Å². The van der Waals surface area contributed by atoms with Crippen LogP contribution in [0.3, 0.4) is 0 Å². The van der Waals surface area contributed by atoms with Gasteiger partial charge < -0.3 is 15.2 Å². The number of amides is 1. The van der Waals surface area contributed by atoms with Crippen molar-refractivity contribution in [2.24, 2.45) is 0 Å². The Morgan fingerprint density at radius 2 is 2.00 bits per heavy atom. The number of aromatic nitrogens is 1. The molecule has 0 aliphatic carbocycles. The van der Waals surface area contributed by atoms with Crippen molar-refractivity contribution >= 4 is 17.4 Å². The van der Waals surface area contributed by atoms with Crippen molar-refractivity contribution in [3.8, 4) is 0 Å². The van der Waals surface area contributed by atoms with Crippen LogP contribution in [-0.2, 0) is 4.79 Å². The lowest BCUT2D eigenvalue weighted by Crippen LogP contribution is -2.21. The van der Waals surface area contributed by atoms with Gasteiger partial charge in [0.05, 0.1) is 6.54 Å². The van der Waals surface area contributed by atoms with E-state index in [1.807, 2.05) is 25.1 Å². The average Bonchev–Trinajstić information content (AvgIpc) is 2.76. The van der Waals surface area contributed by atoms with E-state index >= 15 is 0 Å². The molecule has 0 saturated carbocycles. The smallest absolute Gasteiger partial charge is 0.244 e. The molecule has 0 radical (unpaired) electrons. The summed E-state index contributed by atoms with van der Waals surface area (Å²) >= 11 is 0. The second-order valence-electron chi connectivity index (χ2n) is 4.52. The number of hydrogen-bond donors (Lipinski definition) is 2. The molecule has 1 heterocycles. The molecule has 5 nitrogen and oxygen atoms in total. The van der Waals surface area contributed by atoms with Gasteiger partial charge in [0.1, 0.15) is 5.76 Å². The first-order chi connectivity index (χ1) is 9.04. The van der Waals surface area contributed by atoms with E-state index in [1.165, 1.54) is 11.1 Å². The van der Waals surface area contributed by atoms with Crippen LogP contribution >= 0.6 is 0 Å². The number of carbonyl (C=O) groups is 1. The number of carbonyl (C=O) groups excluding carboxylic acids is 1. The fourth-order valence-corrected chi connectivity index (χ4v) is 1.65. The van der Waals surface area contributed by atoms with Gasteiger partial charge in [-0.3, -0.25) is 4.79 Å². The van der Waals surface area contributed by atoms with Crippen molar-refractivity contribution in [1.29, 1.82) is 0 Å². The molecule has 1 amide bonds. The van der Waals surface area contributed by atoms with Crippen LogP contribution < -0.4 is 10.6 Å². The molecule has 2 N–H and O–H groups in total. The van der Waals surface area contributed by atoms with Crippen molar-refractivity contribution in [1.82, 2.24) is 5.16 Å². The summed E-state index contributed by atoms with van der Waals surface area (Å²) in [5, 5.41) is 9.42. The molecule has 1 aromatic carbocycles. The topological polar surface area (TPSA) is 67.2 Å². The van der Waals surface area contributed by atoms with Gasteiger partial charge in [-0.25, -0.2) is 0 Å². The van der Waals surface area contributed by atoms with Gasteiger partial charge in [-0.05, 0) is 44.0 Å². The number of hydrogen-bond acceptors (Lipinski definition) is 4. The summed E-state index contributed by atoms with van der Waals surface area (Å²) in [4.78, 5) is 11.7. The Kier molecular flexibility index (Phi) is 3.85. The molecule has 0 aliphatic rings. The lowest BCUT2D eigenvalue weighted by atomic mass is 10.1. The van der Waals surface area contributed by atoms with E-state index in [0.717, 1.165) is 5.69 Å². The third-order valence-electron chi connectivity index (χ3n) is 2.86. The van der Waals surface area contributed by atoms with E-state index in [9.17, 15) is 4.79 Å². The van der Waals surface area contributed by atoms with E-state index in [1.54, 1.807) is 13.0 Å². The third kappa shape index (κ3) is 3.58. The number of benzene rings is 1. The predicted octanol–water partition coefficient (Wildman–Crippen LogP) is 2.65. The van der Waals surface area contributed by atoms with Crippen LogP contribution in [0.25, 0.3) is 0 Å². The van der Waals surface area contributed by atoms with E-state index in [-0.39, 0.29) is 12.5 Å². The third-order valence-corrected chi connectivity index (χ3v) is 2.86. The quantitative estimate of drug-likeness (QED) is 0.885. The van der Waals surface area contributed by atoms with Crippen LogP contribution in [0.4, 0.5) is 11.5 Å². The Balaban J connectivity index is 1.88. The summed E-state index contributed by atoms with van der Waals surface area (Å²) in [5.74, 6) is 0.938. The summed E-state index contributed by atoms with van der Waals surface area (Å²) in [5.41, 5.74) is 3.35. The molecular weight excluding hydrogens is 242 g/mol. The van der Waals surface area contributed by atoms with Crippen molar-refractivity contribution in [2.75, 3.05) is 17.2 Å². The first-order valence-corrected chi connectivity index (χ1v) is 6.09. The second-order valence-corrected chi connectivity index (χ2v) is 4.52. The summed E-state index contributed by atoms with van der Waals surface area (Å²) in [6.45, 7) is 6.06. The van der Waals surface area contributed by atoms with Crippen molar-refractivity contribution < 1.29 is 9.32 Å². The molecule has 2 rings (SSSR count). The molecule has 0 bridgehead atoms. The zero-order valence-corrected chi connectivity index (χ0v) is 11.3.